The molecule has 2 aliphatic rings. The topological polar surface area (TPSA) is 80.3 Å². The Balaban J connectivity index is 1.48. The van der Waals surface area contributed by atoms with Gasteiger partial charge in [0.1, 0.15) is 11.1 Å². The second-order valence-electron chi connectivity index (χ2n) is 8.60. The number of rotatable bonds is 6. The summed E-state index contributed by atoms with van der Waals surface area (Å²) in [6, 6.07) is 7.02. The molecular formula is C26H27Cl2N3O3. The maximum atomic E-state index is 13.1. The number of aromatic nitrogens is 1. The Morgan fingerprint density at radius 3 is 2.71 bits per heavy atom. The minimum absolute atomic E-state index is 0.0227. The van der Waals surface area contributed by atoms with Crippen LogP contribution in [0, 0.1) is 0 Å². The summed E-state index contributed by atoms with van der Waals surface area (Å²) in [7, 11) is 0. The molecule has 2 N–H and O–H groups in total. The third kappa shape index (κ3) is 4.84. The number of benzene rings is 1. The van der Waals surface area contributed by atoms with Crippen LogP contribution in [0.15, 0.2) is 54.3 Å². The van der Waals surface area contributed by atoms with Gasteiger partial charge in [-0.2, -0.15) is 0 Å². The number of carbonyl (C=O) groups excluding carboxylic acids is 2. The largest absolute Gasteiger partial charge is 0.473 e. The van der Waals surface area contributed by atoms with Crippen LogP contribution in [-0.4, -0.2) is 29.4 Å². The van der Waals surface area contributed by atoms with E-state index in [-0.39, 0.29) is 17.9 Å². The number of fused-ring (bicyclic) bond motifs is 2. The number of hydrogen-bond donors (Lipinski definition) is 2. The van der Waals surface area contributed by atoms with Crippen LogP contribution in [0.25, 0.3) is 0 Å². The molecule has 0 saturated heterocycles. The van der Waals surface area contributed by atoms with Gasteiger partial charge in [-0.05, 0) is 74.9 Å². The van der Waals surface area contributed by atoms with Crippen molar-refractivity contribution in [2.45, 2.75) is 51.0 Å². The molecule has 34 heavy (non-hydrogen) atoms. The summed E-state index contributed by atoms with van der Waals surface area (Å²) in [4.78, 5) is 30.0. The maximum Gasteiger partial charge on any atom is 0.251 e. The van der Waals surface area contributed by atoms with E-state index in [9.17, 15) is 9.59 Å². The first kappa shape index (κ1) is 24.3. The standard InChI is InChI=1S/C26H27Cl2N3O3/c1-3-5-16(4-2)14-29-23(32)17-6-7-22-20(12-17)26(25(33)31-22)10-8-19(9-11-26)34-24-21(28)13-18(27)15-30-24/h3-7,12-13,15,19H,8-11,14H2,1-2H3,(H,29,32)(H,31,33)/b5-3-,16-4+. The highest BCUT2D eigenvalue weighted by Crippen LogP contribution is 2.48. The van der Waals surface area contributed by atoms with Crippen LogP contribution in [0.5, 0.6) is 5.88 Å². The van der Waals surface area contributed by atoms with Crippen LogP contribution in [0.4, 0.5) is 5.69 Å². The van der Waals surface area contributed by atoms with Gasteiger partial charge >= 0.3 is 0 Å². The highest BCUT2D eigenvalue weighted by atomic mass is 35.5. The summed E-state index contributed by atoms with van der Waals surface area (Å²) >= 11 is 12.1. The minimum Gasteiger partial charge on any atom is -0.473 e. The van der Waals surface area contributed by atoms with E-state index in [1.165, 1.54) is 6.20 Å². The summed E-state index contributed by atoms with van der Waals surface area (Å²) in [5, 5.41) is 6.77. The SMILES string of the molecule is C/C=C\C(=C/C)CNC(=O)c1ccc2c(c1)C1(CCC(Oc3ncc(Cl)cc3Cl)CC1)C(=O)N2. The smallest absolute Gasteiger partial charge is 0.251 e. The molecule has 1 aliphatic heterocycles. The van der Waals surface area contributed by atoms with Crippen molar-refractivity contribution in [2.24, 2.45) is 0 Å². The third-order valence-electron chi connectivity index (χ3n) is 6.52. The van der Waals surface area contributed by atoms with Crippen molar-refractivity contribution in [1.29, 1.82) is 0 Å². The summed E-state index contributed by atoms with van der Waals surface area (Å²) in [6.07, 6.45) is 9.81. The summed E-state index contributed by atoms with van der Waals surface area (Å²) in [6.45, 7) is 4.32. The molecule has 1 aromatic carbocycles. The molecule has 1 saturated carbocycles. The first-order valence-electron chi connectivity index (χ1n) is 11.4. The second kappa shape index (κ2) is 10.2. The zero-order valence-electron chi connectivity index (χ0n) is 19.2. The van der Waals surface area contributed by atoms with E-state index in [4.69, 9.17) is 27.9 Å². The number of nitrogens with zero attached hydrogens (tertiary/aromatic N) is 1. The van der Waals surface area contributed by atoms with Crippen LogP contribution in [0.2, 0.25) is 10.0 Å². The fourth-order valence-corrected chi connectivity index (χ4v) is 5.08. The lowest BCUT2D eigenvalue weighted by molar-refractivity contribution is -0.122. The van der Waals surface area contributed by atoms with Crippen molar-refractivity contribution in [2.75, 3.05) is 11.9 Å². The Hall–Kier alpha value is -2.83. The molecule has 1 fully saturated rings. The van der Waals surface area contributed by atoms with Gasteiger partial charge < -0.3 is 15.4 Å². The van der Waals surface area contributed by atoms with Gasteiger partial charge in [0.05, 0.1) is 10.4 Å². The van der Waals surface area contributed by atoms with Gasteiger partial charge in [0.15, 0.2) is 0 Å². The van der Waals surface area contributed by atoms with Crippen LogP contribution in [0.1, 0.15) is 55.5 Å². The molecule has 4 rings (SSSR count). The number of anilines is 1. The predicted molar refractivity (Wildman–Crippen MR) is 135 cm³/mol. The maximum absolute atomic E-state index is 13.1. The molecule has 8 heteroatoms. The first-order chi connectivity index (χ1) is 16.4. The number of nitrogens with one attached hydrogen (secondary N) is 2. The quantitative estimate of drug-likeness (QED) is 0.488. The lowest BCUT2D eigenvalue weighted by Gasteiger charge is -2.35. The molecule has 6 nitrogen and oxygen atoms in total. The zero-order valence-corrected chi connectivity index (χ0v) is 20.7. The van der Waals surface area contributed by atoms with Crippen molar-refractivity contribution in [3.8, 4) is 5.88 Å². The van der Waals surface area contributed by atoms with Crippen molar-refractivity contribution < 1.29 is 14.3 Å². The number of hydrogen-bond acceptors (Lipinski definition) is 4. The third-order valence-corrected chi connectivity index (χ3v) is 7.00. The normalized spacial score (nSPS) is 22.1. The summed E-state index contributed by atoms with van der Waals surface area (Å²) in [5.74, 6) is 0.160. The van der Waals surface area contributed by atoms with E-state index in [2.05, 4.69) is 15.6 Å². The molecule has 178 valence electrons. The van der Waals surface area contributed by atoms with Gasteiger partial charge in [-0.1, -0.05) is 41.4 Å². The molecule has 0 unspecified atom stereocenters. The molecule has 1 aromatic heterocycles. The van der Waals surface area contributed by atoms with E-state index >= 15 is 0 Å². The molecule has 2 heterocycles. The Morgan fingerprint density at radius 2 is 2.03 bits per heavy atom. The Bertz CT molecular complexity index is 1170. The van der Waals surface area contributed by atoms with Crippen LogP contribution >= 0.6 is 23.2 Å². The van der Waals surface area contributed by atoms with E-state index in [0.29, 0.717) is 53.7 Å². The minimum atomic E-state index is -0.665. The van der Waals surface area contributed by atoms with E-state index < -0.39 is 5.41 Å². The number of halogens is 2. The van der Waals surface area contributed by atoms with Gasteiger partial charge in [-0.25, -0.2) is 4.98 Å². The zero-order chi connectivity index (χ0) is 24.3. The molecule has 2 aromatic rings. The van der Waals surface area contributed by atoms with E-state index in [1.807, 2.05) is 44.2 Å². The molecule has 1 aliphatic carbocycles. The molecule has 0 bridgehead atoms. The number of carbonyl (C=O) groups is 2. The number of allylic oxidation sites excluding steroid dienone is 2. The Kier molecular flexibility index (Phi) is 7.29. The monoisotopic (exact) mass is 499 g/mol. The Labute approximate surface area is 209 Å². The van der Waals surface area contributed by atoms with Gasteiger partial charge in [-0.3, -0.25) is 9.59 Å². The fourth-order valence-electron chi connectivity index (χ4n) is 4.66. The average Bonchev–Trinajstić information content (AvgIpc) is 3.10. The number of amides is 2. The molecule has 1 spiro atoms. The van der Waals surface area contributed by atoms with Crippen molar-refractivity contribution >= 4 is 40.7 Å². The van der Waals surface area contributed by atoms with Crippen molar-refractivity contribution in [1.82, 2.24) is 10.3 Å². The Morgan fingerprint density at radius 1 is 1.26 bits per heavy atom. The molecular weight excluding hydrogens is 473 g/mol. The second-order valence-corrected chi connectivity index (χ2v) is 9.44. The predicted octanol–water partition coefficient (Wildman–Crippen LogP) is 5.85. The number of ether oxygens (including phenoxy) is 1. The lowest BCUT2D eigenvalue weighted by Crippen LogP contribution is -2.41. The van der Waals surface area contributed by atoms with Gasteiger partial charge in [0.25, 0.3) is 5.91 Å². The highest BCUT2D eigenvalue weighted by molar-refractivity contribution is 6.35. The van der Waals surface area contributed by atoms with E-state index in [1.54, 1.807) is 12.1 Å². The van der Waals surface area contributed by atoms with Crippen LogP contribution in [0.3, 0.4) is 0 Å². The van der Waals surface area contributed by atoms with Crippen LogP contribution < -0.4 is 15.4 Å². The fraction of sp³-hybridized carbons (Fsp3) is 0.346. The molecule has 0 radical (unpaired) electrons. The molecule has 2 amide bonds. The lowest BCUT2D eigenvalue weighted by atomic mass is 9.69. The van der Waals surface area contributed by atoms with Crippen LogP contribution in [-0.2, 0) is 10.2 Å². The van der Waals surface area contributed by atoms with Gasteiger partial charge in [-0.15, -0.1) is 0 Å². The van der Waals surface area contributed by atoms with Gasteiger partial charge in [0.2, 0.25) is 11.8 Å². The summed E-state index contributed by atoms with van der Waals surface area (Å²) < 4.78 is 6.01. The number of pyridine rings is 1. The summed E-state index contributed by atoms with van der Waals surface area (Å²) in [5.41, 5.74) is 2.56. The highest BCUT2D eigenvalue weighted by Gasteiger charge is 2.49. The van der Waals surface area contributed by atoms with E-state index in [0.717, 1.165) is 16.8 Å². The van der Waals surface area contributed by atoms with Crippen molar-refractivity contribution in [3.63, 3.8) is 0 Å². The first-order valence-corrected chi connectivity index (χ1v) is 12.1. The van der Waals surface area contributed by atoms with Crippen molar-refractivity contribution in [3.05, 3.63) is 75.4 Å². The van der Waals surface area contributed by atoms with Gasteiger partial charge in [0, 0.05) is 24.0 Å². The molecule has 0 atom stereocenters. The average molecular weight is 500 g/mol.